The Morgan fingerprint density at radius 3 is 2.74 bits per heavy atom. The van der Waals surface area contributed by atoms with Gasteiger partial charge in [-0.1, -0.05) is 30.3 Å². The summed E-state index contributed by atoms with van der Waals surface area (Å²) in [5.74, 6) is 1.36. The standard InChI is InChI=1S/C20H30N4O2.HI/c1-2-21-20(22-12-19(25)23-18-8-9-18)24-11-10-17(13-24)15-26-14-16-6-4-3-5-7-16;/h3-7,17-18H,2,8-15H2,1H3,(H,21,22)(H,23,25);1H. The molecule has 1 aliphatic heterocycles. The number of guanidine groups is 1. The number of hydrogen-bond donors (Lipinski definition) is 2. The zero-order valence-electron chi connectivity index (χ0n) is 16.0. The van der Waals surface area contributed by atoms with Crippen molar-refractivity contribution in [3.63, 3.8) is 0 Å². The summed E-state index contributed by atoms with van der Waals surface area (Å²) in [6, 6.07) is 10.7. The molecule has 7 heteroatoms. The summed E-state index contributed by atoms with van der Waals surface area (Å²) in [5.41, 5.74) is 1.21. The number of likely N-dealkylation sites (tertiary alicyclic amines) is 1. The van der Waals surface area contributed by atoms with E-state index in [2.05, 4.69) is 39.6 Å². The first kappa shape index (κ1) is 21.9. The van der Waals surface area contributed by atoms with Gasteiger partial charge in [-0.15, -0.1) is 24.0 Å². The molecule has 2 N–H and O–H groups in total. The number of benzene rings is 1. The van der Waals surface area contributed by atoms with Gasteiger partial charge in [-0.05, 0) is 31.7 Å². The van der Waals surface area contributed by atoms with Gasteiger partial charge in [0, 0.05) is 31.6 Å². The van der Waals surface area contributed by atoms with Crippen LogP contribution in [0.1, 0.15) is 31.7 Å². The summed E-state index contributed by atoms with van der Waals surface area (Å²) in [5, 5.41) is 6.29. The number of nitrogens with zero attached hydrogens (tertiary/aromatic N) is 2. The van der Waals surface area contributed by atoms with Crippen LogP contribution in [0.15, 0.2) is 35.3 Å². The van der Waals surface area contributed by atoms with Crippen molar-refractivity contribution in [1.29, 1.82) is 0 Å². The predicted octanol–water partition coefficient (Wildman–Crippen LogP) is 2.39. The second-order valence-electron chi connectivity index (χ2n) is 7.11. The van der Waals surface area contributed by atoms with E-state index in [-0.39, 0.29) is 36.4 Å². The van der Waals surface area contributed by atoms with Crippen LogP contribution < -0.4 is 10.6 Å². The Bertz CT molecular complexity index is 607. The minimum absolute atomic E-state index is 0. The summed E-state index contributed by atoms with van der Waals surface area (Å²) in [4.78, 5) is 18.6. The number of nitrogens with one attached hydrogen (secondary N) is 2. The Labute approximate surface area is 179 Å². The Hall–Kier alpha value is -1.35. The lowest BCUT2D eigenvalue weighted by Gasteiger charge is -2.21. The highest BCUT2D eigenvalue weighted by atomic mass is 127. The van der Waals surface area contributed by atoms with E-state index in [1.165, 1.54) is 5.56 Å². The van der Waals surface area contributed by atoms with E-state index in [9.17, 15) is 4.79 Å². The van der Waals surface area contributed by atoms with Crippen LogP contribution in [0.5, 0.6) is 0 Å². The third-order valence-corrected chi connectivity index (χ3v) is 4.70. The van der Waals surface area contributed by atoms with E-state index in [1.54, 1.807) is 0 Å². The molecule has 1 aromatic carbocycles. The molecule has 1 saturated carbocycles. The third kappa shape index (κ3) is 7.65. The number of ether oxygens (including phenoxy) is 1. The van der Waals surface area contributed by atoms with Crippen LogP contribution in [0, 0.1) is 5.92 Å². The van der Waals surface area contributed by atoms with Gasteiger partial charge in [0.2, 0.25) is 5.91 Å². The van der Waals surface area contributed by atoms with Crippen molar-refractivity contribution in [2.24, 2.45) is 10.9 Å². The molecule has 1 atom stereocenters. The van der Waals surface area contributed by atoms with Crippen molar-refractivity contribution in [3.8, 4) is 0 Å². The molecule has 1 aromatic rings. The molecule has 3 rings (SSSR count). The van der Waals surface area contributed by atoms with Crippen LogP contribution in [-0.2, 0) is 16.1 Å². The fraction of sp³-hybridized carbons (Fsp3) is 0.600. The Balaban J connectivity index is 0.00000261. The Morgan fingerprint density at radius 1 is 1.26 bits per heavy atom. The van der Waals surface area contributed by atoms with Crippen molar-refractivity contribution < 1.29 is 9.53 Å². The fourth-order valence-corrected chi connectivity index (χ4v) is 3.15. The number of aliphatic imine (C=N–C) groups is 1. The average molecular weight is 486 g/mol. The van der Waals surface area contributed by atoms with Crippen molar-refractivity contribution in [3.05, 3.63) is 35.9 Å². The lowest BCUT2D eigenvalue weighted by atomic mass is 10.1. The quantitative estimate of drug-likeness (QED) is 0.337. The maximum Gasteiger partial charge on any atom is 0.242 e. The molecule has 1 aliphatic carbocycles. The van der Waals surface area contributed by atoms with Gasteiger partial charge in [0.1, 0.15) is 6.54 Å². The molecule has 0 spiro atoms. The van der Waals surface area contributed by atoms with E-state index in [1.807, 2.05) is 18.2 Å². The molecule has 2 aliphatic rings. The highest BCUT2D eigenvalue weighted by Crippen LogP contribution is 2.19. The molecule has 1 unspecified atom stereocenters. The molecule has 1 amide bonds. The third-order valence-electron chi connectivity index (χ3n) is 4.70. The minimum Gasteiger partial charge on any atom is -0.376 e. The monoisotopic (exact) mass is 486 g/mol. The summed E-state index contributed by atoms with van der Waals surface area (Å²) in [6.07, 6.45) is 3.30. The predicted molar refractivity (Wildman–Crippen MR) is 118 cm³/mol. The van der Waals surface area contributed by atoms with Crippen LogP contribution >= 0.6 is 24.0 Å². The van der Waals surface area contributed by atoms with Crippen molar-refractivity contribution in [2.75, 3.05) is 32.8 Å². The Kier molecular flexibility index (Phi) is 9.33. The first-order valence-electron chi connectivity index (χ1n) is 9.69. The number of amides is 1. The van der Waals surface area contributed by atoms with Gasteiger partial charge in [0.05, 0.1) is 13.2 Å². The molecule has 1 heterocycles. The summed E-state index contributed by atoms with van der Waals surface area (Å²) in [7, 11) is 0. The number of halogens is 1. The van der Waals surface area contributed by atoms with Gasteiger partial charge in [0.15, 0.2) is 5.96 Å². The molecule has 0 aromatic heterocycles. The first-order chi connectivity index (χ1) is 12.7. The molecular weight excluding hydrogens is 455 g/mol. The largest absolute Gasteiger partial charge is 0.376 e. The van der Waals surface area contributed by atoms with Crippen LogP contribution in [0.25, 0.3) is 0 Å². The zero-order chi connectivity index (χ0) is 18.2. The highest BCUT2D eigenvalue weighted by molar-refractivity contribution is 14.0. The second-order valence-corrected chi connectivity index (χ2v) is 7.11. The van der Waals surface area contributed by atoms with Crippen LogP contribution in [0.4, 0.5) is 0 Å². The van der Waals surface area contributed by atoms with Gasteiger partial charge in [-0.2, -0.15) is 0 Å². The van der Waals surface area contributed by atoms with Gasteiger partial charge < -0.3 is 20.3 Å². The summed E-state index contributed by atoms with van der Waals surface area (Å²) >= 11 is 0. The topological polar surface area (TPSA) is 66.0 Å². The minimum atomic E-state index is 0. The van der Waals surface area contributed by atoms with Gasteiger partial charge in [-0.25, -0.2) is 4.99 Å². The molecule has 27 heavy (non-hydrogen) atoms. The zero-order valence-corrected chi connectivity index (χ0v) is 18.4. The number of carbonyl (C=O) groups excluding carboxylic acids is 1. The molecule has 1 saturated heterocycles. The normalized spacial score (nSPS) is 19.5. The molecule has 2 fully saturated rings. The van der Waals surface area contributed by atoms with E-state index in [4.69, 9.17) is 4.74 Å². The van der Waals surface area contributed by atoms with Crippen molar-refractivity contribution in [2.45, 2.75) is 38.8 Å². The average Bonchev–Trinajstić information content (AvgIpc) is 3.34. The van der Waals surface area contributed by atoms with Crippen LogP contribution in [0.3, 0.4) is 0 Å². The second kappa shape index (κ2) is 11.5. The lowest BCUT2D eigenvalue weighted by molar-refractivity contribution is -0.119. The van der Waals surface area contributed by atoms with E-state index in [0.717, 1.165) is 51.5 Å². The highest BCUT2D eigenvalue weighted by Gasteiger charge is 2.26. The lowest BCUT2D eigenvalue weighted by Crippen LogP contribution is -2.41. The summed E-state index contributed by atoms with van der Waals surface area (Å²) < 4.78 is 5.89. The van der Waals surface area contributed by atoms with Crippen LogP contribution in [0.2, 0.25) is 0 Å². The van der Waals surface area contributed by atoms with Crippen LogP contribution in [-0.4, -0.2) is 55.6 Å². The van der Waals surface area contributed by atoms with Gasteiger partial charge >= 0.3 is 0 Å². The number of carbonyl (C=O) groups is 1. The first-order valence-corrected chi connectivity index (χ1v) is 9.69. The molecule has 150 valence electrons. The van der Waals surface area contributed by atoms with Gasteiger partial charge in [-0.3, -0.25) is 4.79 Å². The Morgan fingerprint density at radius 2 is 2.04 bits per heavy atom. The maximum absolute atomic E-state index is 11.9. The number of hydrogen-bond acceptors (Lipinski definition) is 3. The van der Waals surface area contributed by atoms with E-state index >= 15 is 0 Å². The van der Waals surface area contributed by atoms with Crippen molar-refractivity contribution in [1.82, 2.24) is 15.5 Å². The SMILES string of the molecule is CCNC(=NCC(=O)NC1CC1)N1CCC(COCc2ccccc2)C1.I. The smallest absolute Gasteiger partial charge is 0.242 e. The van der Waals surface area contributed by atoms with E-state index in [0.29, 0.717) is 18.6 Å². The fourth-order valence-electron chi connectivity index (χ4n) is 3.15. The number of rotatable bonds is 8. The molecule has 6 nitrogen and oxygen atoms in total. The van der Waals surface area contributed by atoms with E-state index < -0.39 is 0 Å². The molecule has 0 bridgehead atoms. The summed E-state index contributed by atoms with van der Waals surface area (Å²) in [6.45, 7) is 6.34. The maximum atomic E-state index is 11.9. The van der Waals surface area contributed by atoms with Gasteiger partial charge in [0.25, 0.3) is 0 Å². The molecular formula is C20H31IN4O2. The van der Waals surface area contributed by atoms with Crippen molar-refractivity contribution >= 4 is 35.8 Å². The molecule has 0 radical (unpaired) electrons.